The highest BCUT2D eigenvalue weighted by molar-refractivity contribution is 6.20. The van der Waals surface area contributed by atoms with E-state index in [-0.39, 0.29) is 106 Å². The lowest BCUT2D eigenvalue weighted by molar-refractivity contribution is -0.184. The summed E-state index contributed by atoms with van der Waals surface area (Å²) in [7, 11) is 10.6. The van der Waals surface area contributed by atoms with Crippen LogP contribution in [-0.4, -0.2) is 235 Å². The van der Waals surface area contributed by atoms with Gasteiger partial charge in [-0.2, -0.15) is 26.3 Å². The number of hydrogen-bond acceptors (Lipinski definition) is 11. The largest absolute Gasteiger partial charge is 0.393 e. The fourth-order valence-corrected chi connectivity index (χ4v) is 13.5. The molecule has 9 amide bonds. The number of carbonyl (C=O) groups excluding carboxylic acids is 9. The number of amides is 9. The Labute approximate surface area is 561 Å². The number of nitrogens with zero attached hydrogens (tertiary/aromatic N) is 7. The third-order valence-electron chi connectivity index (χ3n) is 20.3. The van der Waals surface area contributed by atoms with Crippen molar-refractivity contribution in [2.24, 2.45) is 47.3 Å². The Morgan fingerprint density at radius 3 is 1.66 bits per heavy atom. The van der Waals surface area contributed by atoms with Crippen molar-refractivity contribution in [3.63, 3.8) is 0 Å². The van der Waals surface area contributed by atoms with Crippen LogP contribution < -0.4 is 21.3 Å². The minimum atomic E-state index is -4.51. The van der Waals surface area contributed by atoms with Crippen LogP contribution in [0.4, 0.5) is 26.3 Å². The fraction of sp³-hybridized carbons (Fsp3) is 0.866. The highest BCUT2D eigenvalue weighted by Crippen LogP contribution is 2.44. The summed E-state index contributed by atoms with van der Waals surface area (Å²) in [4.78, 5) is 141. The Kier molecular flexibility index (Phi) is 32.4. The lowest BCUT2D eigenvalue weighted by Gasteiger charge is -2.39. The Hall–Kier alpha value is -4.98. The molecule has 0 aromatic carbocycles. The molecule has 94 heavy (non-hydrogen) atoms. The Morgan fingerprint density at radius 2 is 1.13 bits per heavy atom. The van der Waals surface area contributed by atoms with Gasteiger partial charge in [-0.1, -0.05) is 61.8 Å². The highest BCUT2D eigenvalue weighted by atomic mass is 35.5. The van der Waals surface area contributed by atoms with Gasteiger partial charge in [0.1, 0.15) is 30.2 Å². The van der Waals surface area contributed by atoms with Crippen molar-refractivity contribution in [1.29, 1.82) is 0 Å². The monoisotopic (exact) mass is 1370 g/mol. The van der Waals surface area contributed by atoms with E-state index in [0.29, 0.717) is 38.6 Å². The molecule has 4 N–H and O–H groups in total. The van der Waals surface area contributed by atoms with Gasteiger partial charge in [-0.25, -0.2) is 0 Å². The normalized spacial score (nSPS) is 30.6. The van der Waals surface area contributed by atoms with E-state index in [1.807, 2.05) is 67.2 Å². The van der Waals surface area contributed by atoms with Crippen LogP contribution in [0.5, 0.6) is 0 Å². The zero-order chi connectivity index (χ0) is 71.8. The molecule has 0 aromatic rings. The molecular weight excluding hydrogens is 1250 g/mol. The Bertz CT molecular complexity index is 2520. The van der Waals surface area contributed by atoms with Crippen LogP contribution in [0.1, 0.15) is 179 Å². The van der Waals surface area contributed by atoms with E-state index in [4.69, 9.17) is 11.6 Å². The number of nitrogens with one attached hydrogen (secondary N) is 4. The molecule has 1 saturated heterocycles. The van der Waals surface area contributed by atoms with Crippen molar-refractivity contribution >= 4 is 64.8 Å². The highest BCUT2D eigenvalue weighted by Gasteiger charge is 2.48. The van der Waals surface area contributed by atoms with Gasteiger partial charge in [-0.3, -0.25) is 53.0 Å². The van der Waals surface area contributed by atoms with Gasteiger partial charge in [-0.05, 0) is 167 Å². The summed E-state index contributed by atoms with van der Waals surface area (Å²) in [6.45, 7) is 21.4. The molecule has 12 atom stereocenters. The van der Waals surface area contributed by atoms with E-state index in [2.05, 4.69) is 21.3 Å². The first kappa shape index (κ1) is 83.2. The summed E-state index contributed by atoms with van der Waals surface area (Å²) in [5.41, 5.74) is -1.29. The number of carbonyl (C=O) groups is 9. The van der Waals surface area contributed by atoms with Crippen molar-refractivity contribution in [1.82, 2.24) is 55.6 Å². The molecule has 2 saturated carbocycles. The van der Waals surface area contributed by atoms with Gasteiger partial charge in [0.05, 0.1) is 36.5 Å². The van der Waals surface area contributed by atoms with Gasteiger partial charge >= 0.3 is 12.4 Å². The molecular formula is C67H116ClF6N11O9. The van der Waals surface area contributed by atoms with Gasteiger partial charge in [0.25, 0.3) is 0 Å². The second kappa shape index (κ2) is 36.6. The zero-order valence-electron chi connectivity index (χ0n) is 59.7. The van der Waals surface area contributed by atoms with E-state index in [9.17, 15) is 69.5 Å². The molecule has 3 fully saturated rings. The van der Waals surface area contributed by atoms with E-state index >= 15 is 0 Å². The molecule has 0 radical (unpaired) electrons. The predicted molar refractivity (Wildman–Crippen MR) is 351 cm³/mol. The second-order valence-electron chi connectivity index (χ2n) is 29.6. The Balaban J connectivity index is 2.20. The topological polar surface area (TPSA) is 224 Å². The first-order valence-corrected chi connectivity index (χ1v) is 34.5. The molecule has 1 aliphatic heterocycles. The number of alkyl halides is 7. The van der Waals surface area contributed by atoms with Crippen LogP contribution in [0.25, 0.3) is 0 Å². The van der Waals surface area contributed by atoms with Gasteiger partial charge < -0.3 is 45.8 Å². The molecule has 0 aromatic heterocycles. The molecule has 1 heterocycles. The van der Waals surface area contributed by atoms with Gasteiger partial charge in [0.15, 0.2) is 0 Å². The zero-order valence-corrected chi connectivity index (χ0v) is 60.5. The smallest absolute Gasteiger partial charge is 0.350 e. The van der Waals surface area contributed by atoms with E-state index < -0.39 is 150 Å². The minimum absolute atomic E-state index is 0.000901. The van der Waals surface area contributed by atoms with Gasteiger partial charge in [0, 0.05) is 65.8 Å². The van der Waals surface area contributed by atoms with Crippen LogP contribution in [-0.2, 0) is 43.2 Å². The quantitative estimate of drug-likeness (QED) is 0.102. The molecule has 3 aliphatic rings. The summed E-state index contributed by atoms with van der Waals surface area (Å²) in [5, 5.41) is 10.7. The number of halogens is 7. The molecule has 0 bridgehead atoms. The third kappa shape index (κ3) is 24.5. The van der Waals surface area contributed by atoms with Gasteiger partial charge in [-0.15, -0.1) is 11.6 Å². The summed E-state index contributed by atoms with van der Waals surface area (Å²) < 4.78 is 83.5. The molecule has 20 nitrogen and oxygen atoms in total. The lowest BCUT2D eigenvalue weighted by atomic mass is 9.78. The Morgan fingerprint density at radius 1 is 0.564 bits per heavy atom. The van der Waals surface area contributed by atoms with E-state index in [1.165, 1.54) is 40.0 Å². The molecule has 0 spiro atoms. The van der Waals surface area contributed by atoms with Crippen LogP contribution in [0.3, 0.4) is 0 Å². The second-order valence-corrected chi connectivity index (χ2v) is 30.1. The summed E-state index contributed by atoms with van der Waals surface area (Å²) in [6, 6.07) is -7.80. The van der Waals surface area contributed by atoms with Crippen molar-refractivity contribution < 1.29 is 69.5 Å². The van der Waals surface area contributed by atoms with Crippen molar-refractivity contribution in [2.75, 3.05) is 75.5 Å². The maximum atomic E-state index is 15.0. The van der Waals surface area contributed by atoms with Gasteiger partial charge in [0.2, 0.25) is 53.2 Å². The standard InChI is InChI=1S/C67H116ClF6N11O9/c1-20-42(8)57-63(93)81(15)37-55(86)80(14)38-56(87)85(19)54(35-46-21-25-47(26-22-46)66(69,70)71)62(92)84(18)44(10)58(88)76-51(28-24-45-23-27-49(50(68)34-45)67(72,73)74)59(89)75-48(31-39(2)3)36-82(16)65(11,12)64(94)77-52(32-40(4)5)61(91)83(17)43(9)29-30-79(13)53(33-41(6)7)60(90)78-57/h39-54,57H,20-38H2,1-19H3,(H,75,89)(H,76,88)(H,77,94)(H,78,90)/t42-,43+,44+,45?,46?,47?,48-,49?,50?,51-,52-,53-,54-,57-/m0/s1. The lowest BCUT2D eigenvalue weighted by Crippen LogP contribution is -2.61. The SMILES string of the molecule is CC[C@H](C)[C@@H]1NC(=O)[C@H](CC(C)C)N(C)CC[C@@H](C)N(C)C(=O)[C@H](CC(C)C)NC(=O)C(C)(C)N(C)C[C@H](CC(C)C)NC(=O)[C@H](CCC2CCC(C(F)(F)F)C(Cl)C2)NC(=O)[C@@H](C)N(C)C(=O)[C@H](CC2CCC(C(F)(F)F)CC2)N(C)C(=O)CN(C)C(=O)CN(C)C1=O. The third-order valence-corrected chi connectivity index (χ3v) is 20.8. The number of hydrogen-bond donors (Lipinski definition) is 4. The van der Waals surface area contributed by atoms with Crippen molar-refractivity contribution in [2.45, 2.75) is 251 Å². The van der Waals surface area contributed by atoms with Crippen LogP contribution in [0.2, 0.25) is 0 Å². The summed E-state index contributed by atoms with van der Waals surface area (Å²) in [6.07, 6.45) is -7.23. The van der Waals surface area contributed by atoms with Crippen molar-refractivity contribution in [3.8, 4) is 0 Å². The number of likely N-dealkylation sites (N-methyl/N-ethyl adjacent to an activating group) is 7. The maximum absolute atomic E-state index is 15.0. The van der Waals surface area contributed by atoms with Crippen LogP contribution in [0.15, 0.2) is 0 Å². The first-order valence-electron chi connectivity index (χ1n) is 34.0. The van der Waals surface area contributed by atoms with Crippen LogP contribution in [0, 0.1) is 47.3 Å². The molecule has 2 aliphatic carbocycles. The van der Waals surface area contributed by atoms with E-state index in [1.54, 1.807) is 44.8 Å². The first-order chi connectivity index (χ1) is 43.3. The molecule has 3 unspecified atom stereocenters. The summed E-state index contributed by atoms with van der Waals surface area (Å²) in [5.74, 6) is -9.88. The molecule has 542 valence electrons. The van der Waals surface area contributed by atoms with Crippen LogP contribution >= 0.6 is 11.6 Å². The average molecular weight is 1370 g/mol. The van der Waals surface area contributed by atoms with Crippen molar-refractivity contribution in [3.05, 3.63) is 0 Å². The summed E-state index contributed by atoms with van der Waals surface area (Å²) >= 11 is 6.36. The fourth-order valence-electron chi connectivity index (χ4n) is 13.0. The van der Waals surface area contributed by atoms with E-state index in [0.717, 1.165) is 14.7 Å². The average Bonchev–Trinajstić information content (AvgIpc) is 2.59. The minimum Gasteiger partial charge on any atom is -0.350 e. The molecule has 27 heteroatoms. The maximum Gasteiger partial charge on any atom is 0.393 e. The molecule has 3 rings (SSSR count). The predicted octanol–water partition coefficient (Wildman–Crippen LogP) is 8.09. The number of rotatable bonds is 13.